The van der Waals surface area contributed by atoms with Gasteiger partial charge in [0.25, 0.3) is 11.6 Å². The SMILES string of the molecule is CC1=C(C(=O)Nc2ccc(C)cc2)[C@@H](c2ccc([N+](=O)[O-])cc2)NC(=O)N1. The number of carbonyl (C=O) groups excluding carboxylic acids is 2. The van der Waals surface area contributed by atoms with E-state index in [4.69, 9.17) is 0 Å². The summed E-state index contributed by atoms with van der Waals surface area (Å²) in [7, 11) is 0. The van der Waals surface area contributed by atoms with Crippen LogP contribution >= 0.6 is 0 Å². The molecular formula is C19H18N4O4. The Hall–Kier alpha value is -3.68. The summed E-state index contributed by atoms with van der Waals surface area (Å²) in [4.78, 5) is 35.1. The molecule has 8 nitrogen and oxygen atoms in total. The highest BCUT2D eigenvalue weighted by molar-refractivity contribution is 6.06. The molecule has 3 amide bonds. The molecule has 3 rings (SSSR count). The average Bonchev–Trinajstić information content (AvgIpc) is 2.63. The number of carbonyl (C=O) groups is 2. The van der Waals surface area contributed by atoms with Crippen LogP contribution < -0.4 is 16.0 Å². The Morgan fingerprint density at radius 3 is 2.30 bits per heavy atom. The van der Waals surface area contributed by atoms with E-state index in [2.05, 4.69) is 16.0 Å². The van der Waals surface area contributed by atoms with E-state index in [9.17, 15) is 19.7 Å². The second-order valence-electron chi connectivity index (χ2n) is 6.24. The van der Waals surface area contributed by atoms with Gasteiger partial charge in [-0.05, 0) is 43.7 Å². The molecule has 3 N–H and O–H groups in total. The van der Waals surface area contributed by atoms with Crippen LogP contribution in [0.2, 0.25) is 0 Å². The zero-order chi connectivity index (χ0) is 19.6. The molecule has 27 heavy (non-hydrogen) atoms. The van der Waals surface area contributed by atoms with Crippen molar-refractivity contribution >= 4 is 23.3 Å². The van der Waals surface area contributed by atoms with Crippen LogP contribution in [0.4, 0.5) is 16.2 Å². The normalized spacial score (nSPS) is 16.4. The predicted molar refractivity (Wildman–Crippen MR) is 100 cm³/mol. The molecule has 0 radical (unpaired) electrons. The van der Waals surface area contributed by atoms with Crippen LogP contribution in [0.5, 0.6) is 0 Å². The van der Waals surface area contributed by atoms with Gasteiger partial charge >= 0.3 is 6.03 Å². The third kappa shape index (κ3) is 3.95. The van der Waals surface area contributed by atoms with Crippen molar-refractivity contribution in [3.05, 3.63) is 81.0 Å². The first-order valence-corrected chi connectivity index (χ1v) is 8.26. The second kappa shape index (κ2) is 7.28. The molecule has 1 aliphatic heterocycles. The number of rotatable bonds is 4. The first-order valence-electron chi connectivity index (χ1n) is 8.26. The highest BCUT2D eigenvalue weighted by Crippen LogP contribution is 2.29. The van der Waals surface area contributed by atoms with Crippen LogP contribution in [0.1, 0.15) is 24.1 Å². The number of hydrogen-bond acceptors (Lipinski definition) is 4. The van der Waals surface area contributed by atoms with Crippen LogP contribution in [0.15, 0.2) is 59.8 Å². The van der Waals surface area contributed by atoms with Crippen molar-refractivity contribution in [3.8, 4) is 0 Å². The summed E-state index contributed by atoms with van der Waals surface area (Å²) >= 11 is 0. The molecule has 1 atom stereocenters. The van der Waals surface area contributed by atoms with Gasteiger partial charge in [-0.25, -0.2) is 4.79 Å². The van der Waals surface area contributed by atoms with E-state index in [0.717, 1.165) is 5.56 Å². The lowest BCUT2D eigenvalue weighted by Crippen LogP contribution is -2.45. The molecule has 0 saturated heterocycles. The maximum Gasteiger partial charge on any atom is 0.319 e. The number of nitro groups is 1. The maximum atomic E-state index is 12.9. The summed E-state index contributed by atoms with van der Waals surface area (Å²) in [6.45, 7) is 3.59. The van der Waals surface area contributed by atoms with Gasteiger partial charge in [0.15, 0.2) is 0 Å². The molecule has 0 fully saturated rings. The lowest BCUT2D eigenvalue weighted by Gasteiger charge is -2.28. The van der Waals surface area contributed by atoms with Crippen molar-refractivity contribution in [3.63, 3.8) is 0 Å². The summed E-state index contributed by atoms with van der Waals surface area (Å²) in [6, 6.07) is 11.9. The Labute approximate surface area is 155 Å². The molecule has 1 aliphatic rings. The molecule has 1 heterocycles. The van der Waals surface area contributed by atoms with Gasteiger partial charge in [0.05, 0.1) is 16.5 Å². The van der Waals surface area contributed by atoms with Gasteiger partial charge in [-0.2, -0.15) is 0 Å². The summed E-state index contributed by atoms with van der Waals surface area (Å²) in [5.74, 6) is -0.368. The van der Waals surface area contributed by atoms with Crippen LogP contribution in [-0.4, -0.2) is 16.9 Å². The van der Waals surface area contributed by atoms with Crippen molar-refractivity contribution < 1.29 is 14.5 Å². The second-order valence-corrected chi connectivity index (χ2v) is 6.24. The van der Waals surface area contributed by atoms with E-state index in [-0.39, 0.29) is 11.6 Å². The number of nitrogens with zero attached hydrogens (tertiary/aromatic N) is 1. The number of amides is 3. The van der Waals surface area contributed by atoms with Gasteiger partial charge in [0.1, 0.15) is 0 Å². The quantitative estimate of drug-likeness (QED) is 0.570. The standard InChI is InChI=1S/C19H18N4O4/c1-11-3-7-14(8-4-11)21-18(24)16-12(2)20-19(25)22-17(16)13-5-9-15(10-6-13)23(26)27/h3-10,17H,1-2H3,(H,21,24)(H2,20,22,25)/t17-/m1/s1. The predicted octanol–water partition coefficient (Wildman–Crippen LogP) is 3.17. The van der Waals surface area contributed by atoms with Crippen LogP contribution in [0.25, 0.3) is 0 Å². The summed E-state index contributed by atoms with van der Waals surface area (Å²) in [5.41, 5.74) is 2.97. The smallest absolute Gasteiger partial charge is 0.319 e. The third-order valence-electron chi connectivity index (χ3n) is 4.26. The number of urea groups is 1. The Balaban J connectivity index is 1.92. The molecule has 0 aliphatic carbocycles. The monoisotopic (exact) mass is 366 g/mol. The van der Waals surface area contributed by atoms with Crippen LogP contribution in [0, 0.1) is 17.0 Å². The molecule has 0 spiro atoms. The fourth-order valence-corrected chi connectivity index (χ4v) is 2.87. The van der Waals surface area contributed by atoms with Crippen molar-refractivity contribution in [1.29, 1.82) is 0 Å². The van der Waals surface area contributed by atoms with E-state index in [1.165, 1.54) is 24.3 Å². The van der Waals surface area contributed by atoms with Gasteiger partial charge in [-0.1, -0.05) is 17.7 Å². The largest absolute Gasteiger partial charge is 0.327 e. The van der Waals surface area contributed by atoms with E-state index in [0.29, 0.717) is 22.5 Å². The highest BCUT2D eigenvalue weighted by Gasteiger charge is 2.31. The Bertz CT molecular complexity index is 933. The topological polar surface area (TPSA) is 113 Å². The molecule has 0 aromatic heterocycles. The molecular weight excluding hydrogens is 348 g/mol. The van der Waals surface area contributed by atoms with Gasteiger partial charge in [0.2, 0.25) is 0 Å². The van der Waals surface area contributed by atoms with Crippen LogP contribution in [0.3, 0.4) is 0 Å². The van der Waals surface area contributed by atoms with Crippen molar-refractivity contribution in [2.45, 2.75) is 19.9 Å². The van der Waals surface area contributed by atoms with E-state index in [1.54, 1.807) is 19.1 Å². The fraction of sp³-hybridized carbons (Fsp3) is 0.158. The van der Waals surface area contributed by atoms with Gasteiger partial charge in [0, 0.05) is 23.5 Å². The first kappa shape index (κ1) is 18.1. The summed E-state index contributed by atoms with van der Waals surface area (Å²) < 4.78 is 0. The average molecular weight is 366 g/mol. The number of nitrogens with one attached hydrogen (secondary N) is 3. The van der Waals surface area contributed by atoms with E-state index < -0.39 is 17.0 Å². The summed E-state index contributed by atoms with van der Waals surface area (Å²) in [5, 5.41) is 19.0. The van der Waals surface area contributed by atoms with Gasteiger partial charge in [-0.15, -0.1) is 0 Å². The van der Waals surface area contributed by atoms with Crippen LogP contribution in [-0.2, 0) is 4.79 Å². The van der Waals surface area contributed by atoms with Gasteiger partial charge in [-0.3, -0.25) is 14.9 Å². The molecule has 0 bridgehead atoms. The Morgan fingerprint density at radius 1 is 1.07 bits per heavy atom. The molecule has 2 aromatic rings. The minimum absolute atomic E-state index is 0.0645. The fourth-order valence-electron chi connectivity index (χ4n) is 2.87. The zero-order valence-corrected chi connectivity index (χ0v) is 14.8. The molecule has 0 saturated carbocycles. The molecule has 0 unspecified atom stereocenters. The minimum Gasteiger partial charge on any atom is -0.327 e. The minimum atomic E-state index is -0.718. The number of allylic oxidation sites excluding steroid dienone is 1. The number of benzene rings is 2. The number of hydrogen-bond donors (Lipinski definition) is 3. The molecule has 2 aromatic carbocycles. The Kier molecular flexibility index (Phi) is 4.89. The van der Waals surface area contributed by atoms with Gasteiger partial charge < -0.3 is 16.0 Å². The lowest BCUT2D eigenvalue weighted by molar-refractivity contribution is -0.384. The molecule has 8 heteroatoms. The number of nitro benzene ring substituents is 1. The third-order valence-corrected chi connectivity index (χ3v) is 4.26. The maximum absolute atomic E-state index is 12.9. The zero-order valence-electron chi connectivity index (χ0n) is 14.8. The highest BCUT2D eigenvalue weighted by atomic mass is 16.6. The van der Waals surface area contributed by atoms with Crippen molar-refractivity contribution in [2.24, 2.45) is 0 Å². The Morgan fingerprint density at radius 2 is 1.70 bits per heavy atom. The van der Waals surface area contributed by atoms with Crippen molar-refractivity contribution in [2.75, 3.05) is 5.32 Å². The summed E-state index contributed by atoms with van der Waals surface area (Å²) in [6.07, 6.45) is 0. The molecule has 138 valence electrons. The number of non-ortho nitro benzene ring substituents is 1. The first-order chi connectivity index (χ1) is 12.8. The number of aryl methyl sites for hydroxylation is 1. The number of anilines is 1. The van der Waals surface area contributed by atoms with Crippen molar-refractivity contribution in [1.82, 2.24) is 10.6 Å². The van der Waals surface area contributed by atoms with E-state index >= 15 is 0 Å². The lowest BCUT2D eigenvalue weighted by atomic mass is 9.94. The van der Waals surface area contributed by atoms with E-state index in [1.807, 2.05) is 19.1 Å².